The van der Waals surface area contributed by atoms with Crippen LogP contribution in [0.3, 0.4) is 0 Å². The van der Waals surface area contributed by atoms with Gasteiger partial charge in [-0.1, -0.05) is 18.2 Å². The maximum atomic E-state index is 12.8. The van der Waals surface area contributed by atoms with Crippen molar-refractivity contribution in [2.75, 3.05) is 5.88 Å². The van der Waals surface area contributed by atoms with Crippen molar-refractivity contribution in [2.45, 2.75) is 13.0 Å². The third-order valence-electron chi connectivity index (χ3n) is 1.85. The first kappa shape index (κ1) is 11.2. The Hall–Kier alpha value is -0.860. The van der Waals surface area contributed by atoms with E-state index < -0.39 is 0 Å². The van der Waals surface area contributed by atoms with Crippen LogP contribution in [-0.2, 0) is 6.61 Å². The number of hydrogen-bond donors (Lipinski definition) is 1. The lowest BCUT2D eigenvalue weighted by atomic mass is 10.1. The molecule has 0 amide bonds. The van der Waals surface area contributed by atoms with Crippen molar-refractivity contribution >= 4 is 17.7 Å². The van der Waals surface area contributed by atoms with Gasteiger partial charge in [-0.2, -0.15) is 0 Å². The molecule has 0 spiro atoms. The topological polar surface area (TPSA) is 20.2 Å². The molecule has 0 heterocycles. The molecule has 0 aliphatic rings. The average Bonchev–Trinajstić information content (AvgIpc) is 2.20. The largest absolute Gasteiger partial charge is 0.392 e. The summed E-state index contributed by atoms with van der Waals surface area (Å²) in [6, 6.07) is 4.35. The van der Waals surface area contributed by atoms with Gasteiger partial charge in [-0.05, 0) is 29.7 Å². The Morgan fingerprint density at radius 1 is 1.43 bits per heavy atom. The van der Waals surface area contributed by atoms with Gasteiger partial charge in [0.15, 0.2) is 0 Å². The molecular weight excluding hydrogens is 203 g/mol. The van der Waals surface area contributed by atoms with Crippen LogP contribution in [0.2, 0.25) is 0 Å². The number of halogens is 2. The lowest BCUT2D eigenvalue weighted by Crippen LogP contribution is -1.89. The molecule has 1 aromatic carbocycles. The Kier molecular flexibility index (Phi) is 4.63. The summed E-state index contributed by atoms with van der Waals surface area (Å²) in [6.07, 6.45) is 4.51. The molecule has 14 heavy (non-hydrogen) atoms. The smallest absolute Gasteiger partial charge is 0.123 e. The van der Waals surface area contributed by atoms with Crippen molar-refractivity contribution in [3.63, 3.8) is 0 Å². The first-order chi connectivity index (χ1) is 6.77. The van der Waals surface area contributed by atoms with E-state index in [-0.39, 0.29) is 12.4 Å². The summed E-state index contributed by atoms with van der Waals surface area (Å²) in [6.45, 7) is -0.154. The van der Waals surface area contributed by atoms with Crippen molar-refractivity contribution in [3.8, 4) is 0 Å². The van der Waals surface area contributed by atoms with Crippen LogP contribution in [-0.4, -0.2) is 11.0 Å². The second-order valence-corrected chi connectivity index (χ2v) is 3.26. The Bertz CT molecular complexity index is 323. The number of benzene rings is 1. The van der Waals surface area contributed by atoms with Crippen molar-refractivity contribution in [2.24, 2.45) is 0 Å². The number of aliphatic hydroxyl groups excluding tert-OH is 1. The first-order valence-corrected chi connectivity index (χ1v) is 4.93. The van der Waals surface area contributed by atoms with E-state index in [0.29, 0.717) is 11.4 Å². The number of alkyl halides is 1. The monoisotopic (exact) mass is 214 g/mol. The van der Waals surface area contributed by atoms with Crippen molar-refractivity contribution in [1.29, 1.82) is 0 Å². The summed E-state index contributed by atoms with van der Waals surface area (Å²) in [5.74, 6) is 0.232. The number of allylic oxidation sites excluding steroid dienone is 1. The van der Waals surface area contributed by atoms with E-state index in [0.717, 1.165) is 12.0 Å². The molecule has 0 aliphatic heterocycles. The van der Waals surface area contributed by atoms with Crippen molar-refractivity contribution in [3.05, 3.63) is 41.2 Å². The molecule has 1 nitrogen and oxygen atoms in total. The Morgan fingerprint density at radius 2 is 2.21 bits per heavy atom. The first-order valence-electron chi connectivity index (χ1n) is 4.39. The predicted octanol–water partition coefficient (Wildman–Crippen LogP) is 2.96. The zero-order chi connectivity index (χ0) is 10.4. The van der Waals surface area contributed by atoms with E-state index >= 15 is 0 Å². The quantitative estimate of drug-likeness (QED) is 0.765. The molecule has 76 valence electrons. The molecule has 1 N–H and O–H groups in total. The molecule has 0 aromatic heterocycles. The van der Waals surface area contributed by atoms with Crippen LogP contribution in [0, 0.1) is 5.82 Å². The summed E-state index contributed by atoms with van der Waals surface area (Å²) < 4.78 is 12.8. The minimum atomic E-state index is -0.330. The van der Waals surface area contributed by atoms with E-state index in [1.165, 1.54) is 12.1 Å². The maximum Gasteiger partial charge on any atom is 0.123 e. The summed E-state index contributed by atoms with van der Waals surface area (Å²) in [7, 11) is 0. The van der Waals surface area contributed by atoms with Crippen LogP contribution in [0.5, 0.6) is 0 Å². The lowest BCUT2D eigenvalue weighted by molar-refractivity contribution is 0.281. The number of hydrogen-bond acceptors (Lipinski definition) is 1. The van der Waals surface area contributed by atoms with Crippen LogP contribution < -0.4 is 0 Å². The second kappa shape index (κ2) is 5.78. The van der Waals surface area contributed by atoms with Gasteiger partial charge in [-0.15, -0.1) is 11.6 Å². The zero-order valence-corrected chi connectivity index (χ0v) is 8.47. The average molecular weight is 215 g/mol. The molecule has 0 radical (unpaired) electrons. The van der Waals surface area contributed by atoms with Gasteiger partial charge in [0.05, 0.1) is 6.61 Å². The highest BCUT2D eigenvalue weighted by molar-refractivity contribution is 6.17. The van der Waals surface area contributed by atoms with Gasteiger partial charge in [0.25, 0.3) is 0 Å². The highest BCUT2D eigenvalue weighted by Crippen LogP contribution is 2.13. The standard InChI is InChI=1S/C11H12ClFO/c12-6-2-1-3-9-4-5-11(13)7-10(9)8-14/h1,3-5,7,14H,2,6,8H2. The molecule has 0 saturated heterocycles. The molecule has 0 unspecified atom stereocenters. The normalized spacial score (nSPS) is 11.1. The fourth-order valence-corrected chi connectivity index (χ4v) is 1.27. The van der Waals surface area contributed by atoms with Gasteiger partial charge in [-0.3, -0.25) is 0 Å². The minimum absolute atomic E-state index is 0.154. The predicted molar refractivity (Wildman–Crippen MR) is 56.7 cm³/mol. The van der Waals surface area contributed by atoms with Crippen LogP contribution in [0.15, 0.2) is 24.3 Å². The third kappa shape index (κ3) is 3.13. The van der Waals surface area contributed by atoms with Gasteiger partial charge < -0.3 is 5.11 Å². The van der Waals surface area contributed by atoms with E-state index in [2.05, 4.69) is 0 Å². The van der Waals surface area contributed by atoms with Gasteiger partial charge >= 0.3 is 0 Å². The molecule has 1 aromatic rings. The Morgan fingerprint density at radius 3 is 2.86 bits per heavy atom. The molecule has 0 fully saturated rings. The lowest BCUT2D eigenvalue weighted by Gasteiger charge is -2.02. The van der Waals surface area contributed by atoms with Gasteiger partial charge in [-0.25, -0.2) is 4.39 Å². The van der Waals surface area contributed by atoms with Crippen LogP contribution in [0.4, 0.5) is 4.39 Å². The molecule has 0 bridgehead atoms. The van der Waals surface area contributed by atoms with Gasteiger partial charge in [0, 0.05) is 5.88 Å². The third-order valence-corrected chi connectivity index (χ3v) is 2.07. The fraction of sp³-hybridized carbons (Fsp3) is 0.273. The second-order valence-electron chi connectivity index (χ2n) is 2.88. The summed E-state index contributed by atoms with van der Waals surface area (Å²) in [5.41, 5.74) is 1.43. The van der Waals surface area contributed by atoms with Gasteiger partial charge in [0.2, 0.25) is 0 Å². The van der Waals surface area contributed by atoms with Crippen LogP contribution in [0.1, 0.15) is 17.5 Å². The summed E-state index contributed by atoms with van der Waals surface area (Å²) >= 11 is 5.51. The van der Waals surface area contributed by atoms with Crippen molar-refractivity contribution in [1.82, 2.24) is 0 Å². The SMILES string of the molecule is OCc1cc(F)ccc1C=CCCCl. The van der Waals surface area contributed by atoms with E-state index in [1.54, 1.807) is 6.07 Å². The van der Waals surface area contributed by atoms with Crippen LogP contribution >= 0.6 is 11.6 Å². The highest BCUT2D eigenvalue weighted by Gasteiger charge is 1.99. The molecule has 0 atom stereocenters. The maximum absolute atomic E-state index is 12.8. The molecule has 0 saturated carbocycles. The summed E-state index contributed by atoms with van der Waals surface area (Å²) in [4.78, 5) is 0. The zero-order valence-electron chi connectivity index (χ0n) is 7.71. The number of aliphatic hydroxyl groups is 1. The summed E-state index contributed by atoms with van der Waals surface area (Å²) in [5, 5.41) is 8.97. The highest BCUT2D eigenvalue weighted by atomic mass is 35.5. The Labute approximate surface area is 87.8 Å². The van der Waals surface area contributed by atoms with Crippen molar-refractivity contribution < 1.29 is 9.50 Å². The van der Waals surface area contributed by atoms with E-state index in [4.69, 9.17) is 16.7 Å². The van der Waals surface area contributed by atoms with E-state index in [1.807, 2.05) is 12.2 Å². The van der Waals surface area contributed by atoms with E-state index in [9.17, 15) is 4.39 Å². The fourth-order valence-electron chi connectivity index (χ4n) is 1.15. The van der Waals surface area contributed by atoms with Crippen LogP contribution in [0.25, 0.3) is 6.08 Å². The molecular formula is C11H12ClFO. The molecule has 3 heteroatoms. The number of rotatable bonds is 4. The molecule has 1 rings (SSSR count). The Balaban J connectivity index is 2.85. The molecule has 0 aliphatic carbocycles. The minimum Gasteiger partial charge on any atom is -0.392 e. The van der Waals surface area contributed by atoms with Gasteiger partial charge in [0.1, 0.15) is 5.82 Å².